The molecule has 2 rings (SSSR count). The number of morpholine rings is 1. The summed E-state index contributed by atoms with van der Waals surface area (Å²) < 4.78 is 35.1. The number of ether oxygens (including phenoxy) is 1. The molecule has 1 aliphatic heterocycles. The Morgan fingerprint density at radius 2 is 2.27 bits per heavy atom. The minimum absolute atomic E-state index is 0.00567. The van der Waals surface area contributed by atoms with E-state index in [1.165, 1.54) is 4.31 Å². The average molecular weight is 331 g/mol. The Bertz CT molecular complexity index is 642. The molecule has 22 heavy (non-hydrogen) atoms. The number of carbonyl (C=O) groups is 1. The van der Waals surface area contributed by atoms with E-state index in [-0.39, 0.29) is 32.1 Å². The van der Waals surface area contributed by atoms with E-state index in [0.717, 1.165) is 18.4 Å². The Morgan fingerprint density at radius 1 is 1.55 bits per heavy atom. The summed E-state index contributed by atoms with van der Waals surface area (Å²) in [6, 6.07) is 1.77. The van der Waals surface area contributed by atoms with Crippen molar-refractivity contribution in [1.29, 1.82) is 0 Å². The van der Waals surface area contributed by atoms with Crippen molar-refractivity contribution in [3.63, 3.8) is 0 Å². The fraction of sp³-hybridized carbons (Fsp3) is 0.692. The summed E-state index contributed by atoms with van der Waals surface area (Å²) in [6.07, 6.45) is 1.87. The van der Waals surface area contributed by atoms with Gasteiger partial charge in [-0.25, -0.2) is 8.42 Å². The molecule has 1 aliphatic rings. The molecule has 1 aromatic rings. The molecule has 1 aromatic heterocycles. The molecule has 1 fully saturated rings. The number of nitrogens with zero attached hydrogens (tertiary/aromatic N) is 2. The van der Waals surface area contributed by atoms with Gasteiger partial charge in [0.2, 0.25) is 10.0 Å². The molecule has 9 heteroatoms. The molecule has 1 atom stereocenters. The second-order valence-corrected chi connectivity index (χ2v) is 7.48. The van der Waals surface area contributed by atoms with E-state index < -0.39 is 15.6 Å². The van der Waals surface area contributed by atoms with Gasteiger partial charge >= 0.3 is 0 Å². The Morgan fingerprint density at radius 3 is 2.86 bits per heavy atom. The highest BCUT2D eigenvalue weighted by Crippen LogP contribution is 2.20. The second-order valence-electron chi connectivity index (χ2n) is 5.50. The summed E-state index contributed by atoms with van der Waals surface area (Å²) in [5.74, 6) is 0.167. The van der Waals surface area contributed by atoms with Gasteiger partial charge in [-0.1, -0.05) is 12.1 Å². The van der Waals surface area contributed by atoms with Crippen LogP contribution in [0.25, 0.3) is 0 Å². The first-order chi connectivity index (χ1) is 10.2. The standard InChI is InChI=1S/C13H21N3O5S/c1-4-10-7-11(21-15-10)8-14-12(17)13(2)9-16(5-6-20-13)22(3,18)19/h7H,4-6,8-9H2,1-3H3,(H,14,17)/t13-/m1/s1. The van der Waals surface area contributed by atoms with Gasteiger partial charge in [0.25, 0.3) is 5.91 Å². The van der Waals surface area contributed by atoms with E-state index in [0.29, 0.717) is 5.76 Å². The number of amides is 1. The van der Waals surface area contributed by atoms with Crippen LogP contribution in [0.4, 0.5) is 0 Å². The number of rotatable bonds is 5. The van der Waals surface area contributed by atoms with Crippen molar-refractivity contribution in [1.82, 2.24) is 14.8 Å². The minimum Gasteiger partial charge on any atom is -0.363 e. The maximum atomic E-state index is 12.3. The van der Waals surface area contributed by atoms with Crippen molar-refractivity contribution in [2.45, 2.75) is 32.4 Å². The number of aryl methyl sites for hydroxylation is 1. The van der Waals surface area contributed by atoms with Gasteiger partial charge in [-0.3, -0.25) is 4.79 Å². The lowest BCUT2D eigenvalue weighted by atomic mass is 10.0. The molecule has 0 spiro atoms. The number of hydrogen-bond donors (Lipinski definition) is 1. The van der Waals surface area contributed by atoms with Crippen LogP contribution in [0.3, 0.4) is 0 Å². The highest BCUT2D eigenvalue weighted by molar-refractivity contribution is 7.88. The Labute approximate surface area is 129 Å². The fourth-order valence-electron chi connectivity index (χ4n) is 2.21. The van der Waals surface area contributed by atoms with Crippen molar-refractivity contribution in [2.24, 2.45) is 0 Å². The second kappa shape index (κ2) is 6.35. The summed E-state index contributed by atoms with van der Waals surface area (Å²) in [6.45, 7) is 4.15. The smallest absolute Gasteiger partial charge is 0.253 e. The molecule has 0 saturated carbocycles. The number of aromatic nitrogens is 1. The third-order valence-electron chi connectivity index (χ3n) is 3.58. The number of sulfonamides is 1. The molecule has 124 valence electrons. The van der Waals surface area contributed by atoms with E-state index in [1.807, 2.05) is 6.92 Å². The van der Waals surface area contributed by atoms with Gasteiger partial charge in [-0.05, 0) is 13.3 Å². The van der Waals surface area contributed by atoms with Gasteiger partial charge in [0.15, 0.2) is 11.4 Å². The summed E-state index contributed by atoms with van der Waals surface area (Å²) in [5.41, 5.74) is -0.401. The molecule has 8 nitrogen and oxygen atoms in total. The zero-order valence-electron chi connectivity index (χ0n) is 13.0. The van der Waals surface area contributed by atoms with Crippen molar-refractivity contribution in [3.05, 3.63) is 17.5 Å². The third-order valence-corrected chi connectivity index (χ3v) is 4.83. The van der Waals surface area contributed by atoms with Crippen molar-refractivity contribution < 1.29 is 22.5 Å². The van der Waals surface area contributed by atoms with Crippen molar-refractivity contribution in [3.8, 4) is 0 Å². The molecule has 0 unspecified atom stereocenters. The summed E-state index contributed by atoms with van der Waals surface area (Å²) >= 11 is 0. The van der Waals surface area contributed by atoms with Gasteiger partial charge in [-0.2, -0.15) is 4.31 Å². The predicted octanol–water partition coefficient (Wildman–Crippen LogP) is -0.0963. The van der Waals surface area contributed by atoms with Crippen LogP contribution in [0, 0.1) is 0 Å². The van der Waals surface area contributed by atoms with Crippen LogP contribution < -0.4 is 5.32 Å². The number of carbonyl (C=O) groups excluding carboxylic acids is 1. The maximum Gasteiger partial charge on any atom is 0.253 e. The van der Waals surface area contributed by atoms with E-state index in [4.69, 9.17) is 9.26 Å². The van der Waals surface area contributed by atoms with Gasteiger partial charge in [0.1, 0.15) is 0 Å². The SMILES string of the molecule is CCc1cc(CNC(=O)[C@@]2(C)CN(S(C)(=O)=O)CCO2)on1. The molecular formula is C13H21N3O5S. The zero-order valence-corrected chi connectivity index (χ0v) is 13.8. The van der Waals surface area contributed by atoms with Crippen LogP contribution in [-0.2, 0) is 32.5 Å². The molecule has 2 heterocycles. The highest BCUT2D eigenvalue weighted by atomic mass is 32.2. The quantitative estimate of drug-likeness (QED) is 0.809. The number of hydrogen-bond acceptors (Lipinski definition) is 6. The van der Waals surface area contributed by atoms with E-state index in [9.17, 15) is 13.2 Å². The number of nitrogens with one attached hydrogen (secondary N) is 1. The third kappa shape index (κ3) is 3.84. The first kappa shape index (κ1) is 16.9. The van der Waals surface area contributed by atoms with E-state index >= 15 is 0 Å². The zero-order chi connectivity index (χ0) is 16.4. The van der Waals surface area contributed by atoms with E-state index in [2.05, 4.69) is 10.5 Å². The van der Waals surface area contributed by atoms with Crippen molar-refractivity contribution >= 4 is 15.9 Å². The normalized spacial score (nSPS) is 23.4. The molecule has 1 amide bonds. The summed E-state index contributed by atoms with van der Waals surface area (Å²) in [5, 5.41) is 6.54. The Balaban J connectivity index is 1.98. The lowest BCUT2D eigenvalue weighted by Gasteiger charge is -2.37. The maximum absolute atomic E-state index is 12.3. The molecular weight excluding hydrogens is 310 g/mol. The largest absolute Gasteiger partial charge is 0.363 e. The molecule has 0 aromatic carbocycles. The first-order valence-electron chi connectivity index (χ1n) is 7.06. The minimum atomic E-state index is -3.35. The highest BCUT2D eigenvalue weighted by Gasteiger charge is 2.41. The first-order valence-corrected chi connectivity index (χ1v) is 8.91. The van der Waals surface area contributed by atoms with Crippen LogP contribution in [0.1, 0.15) is 25.3 Å². The summed E-state index contributed by atoms with van der Waals surface area (Å²) in [4.78, 5) is 12.3. The monoisotopic (exact) mass is 331 g/mol. The van der Waals surface area contributed by atoms with Gasteiger partial charge in [0.05, 0.1) is 31.6 Å². The molecule has 0 bridgehead atoms. The predicted molar refractivity (Wildman–Crippen MR) is 78.5 cm³/mol. The average Bonchev–Trinajstić information content (AvgIpc) is 2.92. The van der Waals surface area contributed by atoms with Gasteiger partial charge in [-0.15, -0.1) is 0 Å². The Kier molecular flexibility index (Phi) is 4.88. The Hall–Kier alpha value is -1.45. The van der Waals surface area contributed by atoms with Gasteiger partial charge < -0.3 is 14.6 Å². The topological polar surface area (TPSA) is 102 Å². The van der Waals surface area contributed by atoms with Gasteiger partial charge in [0, 0.05) is 12.6 Å². The lowest BCUT2D eigenvalue weighted by Crippen LogP contribution is -2.59. The molecule has 0 radical (unpaired) electrons. The van der Waals surface area contributed by atoms with Crippen molar-refractivity contribution in [2.75, 3.05) is 26.0 Å². The van der Waals surface area contributed by atoms with Crippen LogP contribution in [0.5, 0.6) is 0 Å². The lowest BCUT2D eigenvalue weighted by molar-refractivity contribution is -0.152. The van der Waals surface area contributed by atoms with Crippen LogP contribution in [0.2, 0.25) is 0 Å². The molecule has 0 aliphatic carbocycles. The fourth-order valence-corrected chi connectivity index (χ4v) is 3.10. The summed E-state index contributed by atoms with van der Waals surface area (Å²) in [7, 11) is -3.35. The van der Waals surface area contributed by atoms with Crippen LogP contribution in [-0.4, -0.2) is 55.3 Å². The van der Waals surface area contributed by atoms with E-state index in [1.54, 1.807) is 13.0 Å². The molecule has 1 N–H and O–H groups in total. The van der Waals surface area contributed by atoms with Crippen LogP contribution in [0.15, 0.2) is 10.6 Å². The molecule has 1 saturated heterocycles. The van der Waals surface area contributed by atoms with Crippen LogP contribution >= 0.6 is 0 Å².